The predicted molar refractivity (Wildman–Crippen MR) is 118 cm³/mol. The molecule has 2 fully saturated rings. The summed E-state index contributed by atoms with van der Waals surface area (Å²) in [5.41, 5.74) is 0. The first-order valence-electron chi connectivity index (χ1n) is 9.78. The van der Waals surface area contributed by atoms with Crippen LogP contribution < -0.4 is 10.6 Å². The van der Waals surface area contributed by atoms with Crippen LogP contribution in [-0.2, 0) is 9.47 Å². The molecule has 2 atom stereocenters. The number of guanidine groups is 1. The van der Waals surface area contributed by atoms with Gasteiger partial charge in [0.25, 0.3) is 0 Å². The molecule has 0 aromatic rings. The maximum atomic E-state index is 5.99. The summed E-state index contributed by atoms with van der Waals surface area (Å²) in [6.07, 6.45) is 3.89. The smallest absolute Gasteiger partial charge is 0.191 e. The summed E-state index contributed by atoms with van der Waals surface area (Å²) in [6.45, 7) is 10.6. The summed E-state index contributed by atoms with van der Waals surface area (Å²) in [7, 11) is 3.89. The van der Waals surface area contributed by atoms with E-state index in [4.69, 9.17) is 14.5 Å². The van der Waals surface area contributed by atoms with Gasteiger partial charge < -0.3 is 25.0 Å². The first-order valence-corrected chi connectivity index (χ1v) is 9.78. The molecule has 0 spiro atoms. The number of nitrogens with zero attached hydrogens (tertiary/aromatic N) is 3. The highest BCUT2D eigenvalue weighted by Gasteiger charge is 2.31. The quantitative estimate of drug-likeness (QED) is 0.209. The fourth-order valence-corrected chi connectivity index (χ4v) is 3.49. The molecule has 7 nitrogen and oxygen atoms in total. The molecule has 0 aliphatic carbocycles. The number of fused-ring (bicyclic) bond motifs is 1. The number of ether oxygens (including phenoxy) is 2. The summed E-state index contributed by atoms with van der Waals surface area (Å²) < 4.78 is 11.1. The van der Waals surface area contributed by atoms with E-state index >= 15 is 0 Å². The van der Waals surface area contributed by atoms with Crippen LogP contribution in [0.4, 0.5) is 0 Å². The van der Waals surface area contributed by atoms with Crippen molar-refractivity contribution in [3.63, 3.8) is 0 Å². The Labute approximate surface area is 176 Å². The minimum Gasteiger partial charge on any atom is -0.385 e. The second kappa shape index (κ2) is 13.9. The number of halogens is 1. The first kappa shape index (κ1) is 23.9. The van der Waals surface area contributed by atoms with Crippen molar-refractivity contribution >= 4 is 29.9 Å². The van der Waals surface area contributed by atoms with E-state index in [1.54, 1.807) is 7.11 Å². The van der Waals surface area contributed by atoms with E-state index in [1.807, 2.05) is 0 Å². The summed E-state index contributed by atoms with van der Waals surface area (Å²) >= 11 is 0. The van der Waals surface area contributed by atoms with Gasteiger partial charge in [0.15, 0.2) is 5.96 Å². The molecule has 2 unspecified atom stereocenters. The van der Waals surface area contributed by atoms with Gasteiger partial charge in [0.1, 0.15) is 0 Å². The monoisotopic (exact) mass is 483 g/mol. The molecular formula is C18H38IN5O2. The average molecular weight is 483 g/mol. The topological polar surface area (TPSA) is 61.4 Å². The van der Waals surface area contributed by atoms with Gasteiger partial charge in [-0.1, -0.05) is 0 Å². The number of hydrogen-bond donors (Lipinski definition) is 2. The largest absolute Gasteiger partial charge is 0.385 e. The van der Waals surface area contributed by atoms with Crippen molar-refractivity contribution in [2.24, 2.45) is 4.99 Å². The Kier molecular flexibility index (Phi) is 12.8. The maximum absolute atomic E-state index is 5.99. The molecule has 2 saturated heterocycles. The molecule has 2 N–H and O–H groups in total. The molecule has 154 valence electrons. The van der Waals surface area contributed by atoms with Gasteiger partial charge in [-0.25, -0.2) is 0 Å². The average Bonchev–Trinajstić information content (AvgIpc) is 3.07. The van der Waals surface area contributed by atoms with Crippen LogP contribution >= 0.6 is 24.0 Å². The van der Waals surface area contributed by atoms with Crippen LogP contribution in [0.2, 0.25) is 0 Å². The van der Waals surface area contributed by atoms with Gasteiger partial charge >= 0.3 is 0 Å². The Morgan fingerprint density at radius 2 is 2.19 bits per heavy atom. The minimum atomic E-state index is 0. The third-order valence-corrected chi connectivity index (χ3v) is 4.93. The van der Waals surface area contributed by atoms with Gasteiger partial charge in [-0.05, 0) is 39.8 Å². The number of hydrogen-bond acceptors (Lipinski definition) is 5. The molecule has 26 heavy (non-hydrogen) atoms. The molecular weight excluding hydrogens is 445 g/mol. The molecule has 2 rings (SSSR count). The standard InChI is InChI=1S/C18H37N5O2.HI/c1-4-19-18(20-8-11-22(2)9-6-12-24-3)21-13-17-14-23-10-5-7-16(23)15-25-17;/h16-17H,4-15H2,1-3H3,(H2,19,20,21);1H. The lowest BCUT2D eigenvalue weighted by atomic mass is 10.2. The van der Waals surface area contributed by atoms with Crippen LogP contribution in [0.25, 0.3) is 0 Å². The van der Waals surface area contributed by atoms with Crippen molar-refractivity contribution in [2.75, 3.05) is 73.2 Å². The number of aliphatic imine (C=N–C) groups is 1. The van der Waals surface area contributed by atoms with Crippen LogP contribution in [0.1, 0.15) is 26.2 Å². The van der Waals surface area contributed by atoms with Crippen molar-refractivity contribution in [3.05, 3.63) is 0 Å². The Morgan fingerprint density at radius 3 is 2.96 bits per heavy atom. The van der Waals surface area contributed by atoms with Crippen molar-refractivity contribution in [1.29, 1.82) is 0 Å². The lowest BCUT2D eigenvalue weighted by Gasteiger charge is -2.34. The fourth-order valence-electron chi connectivity index (χ4n) is 3.49. The maximum Gasteiger partial charge on any atom is 0.191 e. The van der Waals surface area contributed by atoms with Crippen molar-refractivity contribution in [1.82, 2.24) is 20.4 Å². The van der Waals surface area contributed by atoms with Crippen LogP contribution in [0.5, 0.6) is 0 Å². The van der Waals surface area contributed by atoms with Crippen molar-refractivity contribution < 1.29 is 9.47 Å². The molecule has 0 bridgehead atoms. The number of nitrogens with one attached hydrogen (secondary N) is 2. The summed E-state index contributed by atoms with van der Waals surface area (Å²) in [5, 5.41) is 6.75. The van der Waals surface area contributed by atoms with Crippen LogP contribution in [-0.4, -0.2) is 101 Å². The van der Waals surface area contributed by atoms with Gasteiger partial charge in [-0.2, -0.15) is 0 Å². The molecule has 0 aromatic heterocycles. The van der Waals surface area contributed by atoms with Crippen molar-refractivity contribution in [3.8, 4) is 0 Å². The summed E-state index contributed by atoms with van der Waals surface area (Å²) in [5.74, 6) is 0.889. The van der Waals surface area contributed by atoms with Crippen LogP contribution in [0, 0.1) is 0 Å². The zero-order valence-corrected chi connectivity index (χ0v) is 19.0. The molecule has 0 radical (unpaired) electrons. The first-order chi connectivity index (χ1) is 12.2. The third kappa shape index (κ3) is 8.69. The van der Waals surface area contributed by atoms with Gasteiger partial charge in [-0.3, -0.25) is 9.89 Å². The van der Waals surface area contributed by atoms with Crippen LogP contribution in [0.3, 0.4) is 0 Å². The minimum absolute atomic E-state index is 0. The molecule has 0 saturated carbocycles. The number of likely N-dealkylation sites (N-methyl/N-ethyl adjacent to an activating group) is 1. The van der Waals surface area contributed by atoms with Gasteiger partial charge in [-0.15, -0.1) is 24.0 Å². The second-order valence-corrected chi connectivity index (χ2v) is 7.04. The second-order valence-electron chi connectivity index (χ2n) is 7.04. The Balaban J connectivity index is 0.00000338. The van der Waals surface area contributed by atoms with E-state index in [0.717, 1.165) is 64.9 Å². The van der Waals surface area contributed by atoms with Gasteiger partial charge in [0, 0.05) is 52.5 Å². The molecule has 0 aromatic carbocycles. The van der Waals surface area contributed by atoms with E-state index in [-0.39, 0.29) is 30.1 Å². The summed E-state index contributed by atoms with van der Waals surface area (Å²) in [4.78, 5) is 9.61. The van der Waals surface area contributed by atoms with E-state index in [2.05, 4.69) is 34.4 Å². The zero-order valence-electron chi connectivity index (χ0n) is 16.7. The molecule has 2 aliphatic rings. The Hall–Kier alpha value is -0.160. The van der Waals surface area contributed by atoms with Gasteiger partial charge in [0.05, 0.1) is 19.3 Å². The third-order valence-electron chi connectivity index (χ3n) is 4.93. The Bertz CT molecular complexity index is 400. The predicted octanol–water partition coefficient (Wildman–Crippen LogP) is 0.991. The lowest BCUT2D eigenvalue weighted by molar-refractivity contribution is -0.0432. The highest BCUT2D eigenvalue weighted by atomic mass is 127. The number of methoxy groups -OCH3 is 1. The molecule has 2 aliphatic heterocycles. The normalized spacial score (nSPS) is 23.6. The van der Waals surface area contributed by atoms with Crippen LogP contribution in [0.15, 0.2) is 4.99 Å². The summed E-state index contributed by atoms with van der Waals surface area (Å²) in [6, 6.07) is 0.653. The molecule has 0 amide bonds. The van der Waals surface area contributed by atoms with E-state index < -0.39 is 0 Å². The number of rotatable bonds is 10. The van der Waals surface area contributed by atoms with E-state index in [1.165, 1.54) is 19.4 Å². The van der Waals surface area contributed by atoms with E-state index in [9.17, 15) is 0 Å². The lowest BCUT2D eigenvalue weighted by Crippen LogP contribution is -2.48. The van der Waals surface area contributed by atoms with Gasteiger partial charge in [0.2, 0.25) is 0 Å². The van der Waals surface area contributed by atoms with Crippen molar-refractivity contribution in [2.45, 2.75) is 38.3 Å². The SMILES string of the molecule is CCNC(=NCC1CN2CCCC2CO1)NCCN(C)CCCOC.I. The zero-order chi connectivity index (χ0) is 17.9. The molecule has 8 heteroatoms. The highest BCUT2D eigenvalue weighted by Crippen LogP contribution is 2.22. The van der Waals surface area contributed by atoms with E-state index in [0.29, 0.717) is 6.04 Å². The number of morpholine rings is 1. The molecule has 2 heterocycles. The highest BCUT2D eigenvalue weighted by molar-refractivity contribution is 14.0. The Morgan fingerprint density at radius 1 is 1.35 bits per heavy atom. The fraction of sp³-hybridized carbons (Fsp3) is 0.944.